The molecular weight excluding hydrogens is 380 g/mol. The Morgan fingerprint density at radius 1 is 1.27 bits per heavy atom. The van der Waals surface area contributed by atoms with Crippen LogP contribution in [0.1, 0.15) is 26.3 Å². The maximum absolute atomic E-state index is 11.5. The summed E-state index contributed by atoms with van der Waals surface area (Å²) in [6.07, 6.45) is 1.10. The van der Waals surface area contributed by atoms with Crippen LogP contribution in [0.4, 0.5) is 11.5 Å². The molecule has 0 radical (unpaired) electrons. The van der Waals surface area contributed by atoms with Crippen molar-refractivity contribution in [3.8, 4) is 0 Å². The van der Waals surface area contributed by atoms with Crippen LogP contribution in [-0.2, 0) is 11.2 Å². The Bertz CT molecular complexity index is 1030. The van der Waals surface area contributed by atoms with E-state index in [9.17, 15) is 9.90 Å². The van der Waals surface area contributed by atoms with Crippen molar-refractivity contribution in [2.45, 2.75) is 33.4 Å². The fourth-order valence-corrected chi connectivity index (χ4v) is 2.72. The number of nitrogens with one attached hydrogen (secondary N) is 1. The van der Waals surface area contributed by atoms with E-state index < -0.39 is 6.23 Å². The fraction of sp³-hybridized carbons (Fsp3) is 0.318. The van der Waals surface area contributed by atoms with E-state index in [2.05, 4.69) is 46.6 Å². The van der Waals surface area contributed by atoms with Gasteiger partial charge in [0.1, 0.15) is 6.23 Å². The Hall–Kier alpha value is -3.39. The van der Waals surface area contributed by atoms with Crippen molar-refractivity contribution >= 4 is 28.9 Å². The maximum atomic E-state index is 11.5. The predicted octanol–water partition coefficient (Wildman–Crippen LogP) is 2.42. The van der Waals surface area contributed by atoms with Crippen LogP contribution in [0.25, 0.3) is 11.0 Å². The second-order valence-electron chi connectivity index (χ2n) is 6.73. The van der Waals surface area contributed by atoms with Gasteiger partial charge in [0.05, 0.1) is 11.0 Å². The molecule has 0 aliphatic rings. The van der Waals surface area contributed by atoms with Gasteiger partial charge in [-0.3, -0.25) is 14.4 Å². The smallest absolute Gasteiger partial charge is 0.220 e. The van der Waals surface area contributed by atoms with Crippen LogP contribution in [-0.4, -0.2) is 45.9 Å². The summed E-state index contributed by atoms with van der Waals surface area (Å²) in [5, 5.41) is 18.2. The Morgan fingerprint density at radius 2 is 1.97 bits per heavy atom. The number of nitrogens with zero attached hydrogens (tertiary/aromatic N) is 4. The third kappa shape index (κ3) is 6.05. The lowest BCUT2D eigenvalue weighted by atomic mass is 10.2. The molecule has 30 heavy (non-hydrogen) atoms. The van der Waals surface area contributed by atoms with Gasteiger partial charge >= 0.3 is 0 Å². The van der Waals surface area contributed by atoms with E-state index in [-0.39, 0.29) is 5.82 Å². The third-order valence-corrected chi connectivity index (χ3v) is 4.39. The quantitative estimate of drug-likeness (QED) is 0.327. The van der Waals surface area contributed by atoms with E-state index >= 15 is 0 Å². The highest BCUT2D eigenvalue weighted by atomic mass is 16.3. The second kappa shape index (κ2) is 11.0. The van der Waals surface area contributed by atoms with Crippen LogP contribution in [0.3, 0.4) is 0 Å². The van der Waals surface area contributed by atoms with Crippen LogP contribution in [0.5, 0.6) is 0 Å². The minimum atomic E-state index is -0.694. The first-order valence-electron chi connectivity index (χ1n) is 9.90. The molecule has 0 aliphatic heterocycles. The lowest BCUT2D eigenvalue weighted by Crippen LogP contribution is -2.29. The van der Waals surface area contributed by atoms with Crippen molar-refractivity contribution in [3.63, 3.8) is 0 Å². The summed E-state index contributed by atoms with van der Waals surface area (Å²) in [4.78, 5) is 15.8. The minimum absolute atomic E-state index is 0.161. The highest BCUT2D eigenvalue weighted by Crippen LogP contribution is 2.17. The normalized spacial score (nSPS) is 12.1. The number of hydrogen-bond donors (Lipinski definition) is 3. The zero-order valence-corrected chi connectivity index (χ0v) is 17.9. The van der Waals surface area contributed by atoms with Crippen LogP contribution >= 0.6 is 0 Å². The van der Waals surface area contributed by atoms with Gasteiger partial charge in [-0.1, -0.05) is 37.3 Å². The van der Waals surface area contributed by atoms with Crippen LogP contribution in [0.2, 0.25) is 0 Å². The standard InChI is InChI=1S/C14H20N6O2.C8H10/c1-4-19(3)18-14-13(15)17-11-7-10(16-9(2)22)5-6-12(11)20(14)8-21;1-2-8-6-4-3-5-7-8/h5-9,16,22H,4H2,1-3H3,(H2,15,17);3-7H,2H2,1H3/b18-14-;. The Morgan fingerprint density at radius 3 is 2.50 bits per heavy atom. The molecule has 8 nitrogen and oxygen atoms in total. The number of nitrogen functional groups attached to an aromatic ring is 1. The van der Waals surface area contributed by atoms with Gasteiger partial charge in [0, 0.05) is 19.3 Å². The molecule has 0 spiro atoms. The number of rotatable bonds is 6. The van der Waals surface area contributed by atoms with Gasteiger partial charge < -0.3 is 16.2 Å². The van der Waals surface area contributed by atoms with E-state index in [1.165, 1.54) is 10.1 Å². The molecule has 0 saturated carbocycles. The van der Waals surface area contributed by atoms with E-state index in [0.717, 1.165) is 6.42 Å². The predicted molar refractivity (Wildman–Crippen MR) is 121 cm³/mol. The lowest BCUT2D eigenvalue weighted by molar-refractivity contribution is 0.224. The van der Waals surface area contributed by atoms with Crippen molar-refractivity contribution in [2.24, 2.45) is 5.10 Å². The van der Waals surface area contributed by atoms with Crippen molar-refractivity contribution in [1.82, 2.24) is 14.6 Å². The summed E-state index contributed by atoms with van der Waals surface area (Å²) in [5.74, 6) is 0.161. The Labute approximate surface area is 176 Å². The average Bonchev–Trinajstić information content (AvgIpc) is 2.74. The maximum Gasteiger partial charge on any atom is 0.220 e. The highest BCUT2D eigenvalue weighted by Gasteiger charge is 2.09. The van der Waals surface area contributed by atoms with E-state index in [0.29, 0.717) is 35.2 Å². The highest BCUT2D eigenvalue weighted by molar-refractivity contribution is 5.84. The second-order valence-corrected chi connectivity index (χ2v) is 6.73. The molecule has 4 N–H and O–H groups in total. The average molecular weight is 411 g/mol. The van der Waals surface area contributed by atoms with Gasteiger partial charge in [-0.15, -0.1) is 0 Å². The topological polar surface area (TPSA) is 109 Å². The molecule has 1 atom stereocenters. The number of carbonyl (C=O) groups excluding carboxylic acids is 1. The zero-order chi connectivity index (χ0) is 22.1. The van der Waals surface area contributed by atoms with Gasteiger partial charge in [0.15, 0.2) is 5.82 Å². The number of hydrogen-bond acceptors (Lipinski definition) is 7. The molecule has 0 fully saturated rings. The van der Waals surface area contributed by atoms with Crippen LogP contribution in [0.15, 0.2) is 53.6 Å². The SMILES string of the molecule is CCN(C)/N=c1/c(N)nc2cc(NC(C)O)ccc2n1C=O.CCc1ccccc1. The van der Waals surface area contributed by atoms with Crippen LogP contribution in [0, 0.1) is 0 Å². The van der Waals surface area contributed by atoms with E-state index in [1.807, 2.05) is 13.0 Å². The van der Waals surface area contributed by atoms with Gasteiger partial charge in [-0.05, 0) is 44.0 Å². The Kier molecular flexibility index (Phi) is 8.37. The summed E-state index contributed by atoms with van der Waals surface area (Å²) < 4.78 is 1.36. The number of benzene rings is 2. The molecule has 1 heterocycles. The molecule has 8 heteroatoms. The van der Waals surface area contributed by atoms with Crippen LogP contribution < -0.4 is 16.5 Å². The van der Waals surface area contributed by atoms with Crippen molar-refractivity contribution in [2.75, 3.05) is 24.6 Å². The van der Waals surface area contributed by atoms with Gasteiger partial charge in [0.25, 0.3) is 0 Å². The number of anilines is 2. The summed E-state index contributed by atoms with van der Waals surface area (Å²) in [6, 6.07) is 15.6. The summed E-state index contributed by atoms with van der Waals surface area (Å²) >= 11 is 0. The molecule has 0 saturated heterocycles. The molecular formula is C22H30N6O2. The van der Waals surface area contributed by atoms with Gasteiger partial charge in [-0.25, -0.2) is 4.98 Å². The largest absolute Gasteiger partial charge is 0.381 e. The number of aromatic nitrogens is 2. The molecule has 0 amide bonds. The molecule has 1 aromatic heterocycles. The molecule has 3 aromatic rings. The Balaban J connectivity index is 0.000000335. The first-order chi connectivity index (χ1) is 14.4. The summed E-state index contributed by atoms with van der Waals surface area (Å²) in [5.41, 5.74) is 9.45. The third-order valence-electron chi connectivity index (χ3n) is 4.39. The fourth-order valence-electron chi connectivity index (χ4n) is 2.72. The first-order valence-corrected chi connectivity index (χ1v) is 9.90. The van der Waals surface area contributed by atoms with Gasteiger partial charge in [0.2, 0.25) is 11.9 Å². The van der Waals surface area contributed by atoms with E-state index in [4.69, 9.17) is 5.73 Å². The molecule has 3 rings (SSSR count). The molecule has 0 bridgehead atoms. The van der Waals surface area contributed by atoms with Gasteiger partial charge in [-0.2, -0.15) is 5.10 Å². The molecule has 2 aromatic carbocycles. The summed E-state index contributed by atoms with van der Waals surface area (Å²) in [6.45, 7) is 6.39. The lowest BCUT2D eigenvalue weighted by Gasteiger charge is -2.13. The van der Waals surface area contributed by atoms with E-state index in [1.54, 1.807) is 37.2 Å². The monoisotopic (exact) mass is 410 g/mol. The number of aliphatic hydroxyl groups excluding tert-OH is 1. The number of nitrogens with two attached hydrogens (primary N) is 1. The first kappa shape index (κ1) is 22.9. The molecule has 0 aliphatic carbocycles. The molecule has 1 unspecified atom stereocenters. The number of aryl methyl sites for hydroxylation is 1. The number of aliphatic hydroxyl groups is 1. The molecule has 160 valence electrons. The van der Waals surface area contributed by atoms with Crippen molar-refractivity contribution < 1.29 is 9.90 Å². The van der Waals surface area contributed by atoms with Crippen molar-refractivity contribution in [3.05, 3.63) is 59.6 Å². The summed E-state index contributed by atoms with van der Waals surface area (Å²) in [7, 11) is 1.79. The van der Waals surface area contributed by atoms with Crippen molar-refractivity contribution in [1.29, 1.82) is 0 Å². The number of fused-ring (bicyclic) bond motifs is 1. The minimum Gasteiger partial charge on any atom is -0.381 e. The number of carbonyl (C=O) groups is 1. The zero-order valence-electron chi connectivity index (χ0n) is 17.9.